The van der Waals surface area contributed by atoms with Crippen LogP contribution in [0.2, 0.25) is 0 Å². The van der Waals surface area contributed by atoms with E-state index in [1.165, 1.54) is 6.39 Å². The van der Waals surface area contributed by atoms with Crippen LogP contribution in [0.15, 0.2) is 77.7 Å². The van der Waals surface area contributed by atoms with Crippen molar-refractivity contribution in [2.24, 2.45) is 0 Å². The number of benzene rings is 2. The largest absolute Gasteiger partial charge is 0.444 e. The first kappa shape index (κ1) is 21.2. The molecule has 2 aromatic heterocycles. The molecule has 0 aliphatic carbocycles. The zero-order chi connectivity index (χ0) is 23.5. The third-order valence-corrected chi connectivity index (χ3v) is 5.76. The molecule has 0 radical (unpaired) electrons. The number of oxazole rings is 1. The lowest BCUT2D eigenvalue weighted by Gasteiger charge is -2.27. The fraction of sp³-hybridized carbons (Fsp3) is 0.154. The molecule has 0 saturated carbocycles. The van der Waals surface area contributed by atoms with E-state index < -0.39 is 0 Å². The lowest BCUT2D eigenvalue weighted by molar-refractivity contribution is 0.255. The monoisotopic (exact) mass is 450 g/mol. The molecular weight excluding hydrogens is 428 g/mol. The van der Waals surface area contributed by atoms with Gasteiger partial charge in [-0.3, -0.25) is 4.90 Å². The van der Waals surface area contributed by atoms with Gasteiger partial charge in [0.2, 0.25) is 0 Å². The van der Waals surface area contributed by atoms with Gasteiger partial charge in [-0.1, -0.05) is 24.3 Å². The van der Waals surface area contributed by atoms with E-state index in [1.54, 1.807) is 23.2 Å². The van der Waals surface area contributed by atoms with Crippen LogP contribution in [0.5, 0.6) is 0 Å². The van der Waals surface area contributed by atoms with Gasteiger partial charge in [-0.05, 0) is 49.7 Å². The first-order chi connectivity index (χ1) is 16.6. The lowest BCUT2D eigenvalue weighted by Crippen LogP contribution is -2.42. The van der Waals surface area contributed by atoms with Crippen LogP contribution in [0.3, 0.4) is 0 Å². The molecule has 1 atom stereocenters. The summed E-state index contributed by atoms with van der Waals surface area (Å²) >= 11 is 0. The van der Waals surface area contributed by atoms with Gasteiger partial charge >= 0.3 is 6.03 Å². The molecule has 0 fully saturated rings. The summed E-state index contributed by atoms with van der Waals surface area (Å²) in [5.74, 6) is 1.17. The summed E-state index contributed by atoms with van der Waals surface area (Å²) in [6.07, 6.45) is 3.77. The van der Waals surface area contributed by atoms with Gasteiger partial charge < -0.3 is 15.1 Å². The average Bonchev–Trinajstić information content (AvgIpc) is 3.35. The first-order valence-corrected chi connectivity index (χ1v) is 11.0. The Hall–Kier alpha value is -4.64. The summed E-state index contributed by atoms with van der Waals surface area (Å²) in [4.78, 5) is 24.0. The van der Waals surface area contributed by atoms with Crippen LogP contribution in [0.25, 0.3) is 22.6 Å². The second-order valence-corrected chi connectivity index (χ2v) is 8.07. The van der Waals surface area contributed by atoms with Gasteiger partial charge in [0.1, 0.15) is 0 Å². The maximum atomic E-state index is 13.5. The van der Waals surface area contributed by atoms with Crippen molar-refractivity contribution in [3.8, 4) is 28.7 Å². The van der Waals surface area contributed by atoms with Crippen molar-refractivity contribution in [2.45, 2.75) is 19.4 Å². The zero-order valence-electron chi connectivity index (χ0n) is 18.5. The van der Waals surface area contributed by atoms with Crippen LogP contribution in [0, 0.1) is 11.3 Å². The number of rotatable bonds is 3. The molecule has 8 heteroatoms. The summed E-state index contributed by atoms with van der Waals surface area (Å²) in [7, 11) is 0. The van der Waals surface area contributed by atoms with E-state index >= 15 is 0 Å². The molecule has 1 aliphatic rings. The minimum Gasteiger partial charge on any atom is -0.444 e. The van der Waals surface area contributed by atoms with E-state index in [9.17, 15) is 10.1 Å². The van der Waals surface area contributed by atoms with Gasteiger partial charge in [0, 0.05) is 29.4 Å². The van der Waals surface area contributed by atoms with Crippen molar-refractivity contribution in [3.63, 3.8) is 0 Å². The molecule has 2 N–H and O–H groups in total. The molecule has 0 bridgehead atoms. The highest BCUT2D eigenvalue weighted by Crippen LogP contribution is 2.33. The first-order valence-electron chi connectivity index (χ1n) is 11.0. The van der Waals surface area contributed by atoms with Crippen molar-refractivity contribution in [1.82, 2.24) is 9.97 Å². The number of carbonyl (C=O) groups is 1. The number of carbonyl (C=O) groups excluding carboxylic acids is 1. The molecule has 3 heterocycles. The summed E-state index contributed by atoms with van der Waals surface area (Å²) in [6, 6.07) is 20.3. The standard InChI is InChI=1S/C26H22N6O2/c1-17-10-11-29-23-9-8-22(19-5-2-4-18(12-19)14-27)31-25(23)32(17)26(33)30-21-7-3-6-20(13-21)24-15-28-16-34-24/h2-9,12-13,15-17,29H,10-11H2,1H3,(H,30,33)/t17-/m1/s1. The van der Waals surface area contributed by atoms with E-state index in [0.717, 1.165) is 29.8 Å². The predicted octanol–water partition coefficient (Wildman–Crippen LogP) is 5.52. The molecule has 0 saturated heterocycles. The summed E-state index contributed by atoms with van der Waals surface area (Å²) in [5, 5.41) is 15.6. The van der Waals surface area contributed by atoms with Gasteiger partial charge in [0.25, 0.3) is 0 Å². The number of hydrogen-bond acceptors (Lipinski definition) is 6. The number of aromatic nitrogens is 2. The van der Waals surface area contributed by atoms with E-state index in [4.69, 9.17) is 9.40 Å². The topological polar surface area (TPSA) is 107 Å². The van der Waals surface area contributed by atoms with Gasteiger partial charge in [-0.25, -0.2) is 14.8 Å². The number of hydrogen-bond donors (Lipinski definition) is 2. The van der Waals surface area contributed by atoms with Gasteiger partial charge in [0.05, 0.1) is 29.2 Å². The SMILES string of the molecule is C[C@@H]1CCNc2ccc(-c3cccc(C#N)c3)nc2N1C(=O)Nc1cccc(-c2cnco2)c1. The Morgan fingerprint density at radius 1 is 1.18 bits per heavy atom. The van der Waals surface area contributed by atoms with Crippen molar-refractivity contribution < 1.29 is 9.21 Å². The molecule has 4 aromatic rings. The molecule has 2 aromatic carbocycles. The van der Waals surface area contributed by atoms with E-state index in [2.05, 4.69) is 21.7 Å². The number of pyridine rings is 1. The Balaban J connectivity index is 1.48. The van der Waals surface area contributed by atoms with Crippen molar-refractivity contribution in [1.29, 1.82) is 5.26 Å². The number of anilines is 3. The molecule has 34 heavy (non-hydrogen) atoms. The number of nitrogens with one attached hydrogen (secondary N) is 2. The minimum absolute atomic E-state index is 0.0839. The maximum Gasteiger partial charge on any atom is 0.327 e. The van der Waals surface area contributed by atoms with Crippen molar-refractivity contribution in [2.75, 3.05) is 22.1 Å². The predicted molar refractivity (Wildman–Crippen MR) is 130 cm³/mol. The summed E-state index contributed by atoms with van der Waals surface area (Å²) in [6.45, 7) is 2.73. The number of fused-ring (bicyclic) bond motifs is 1. The highest BCUT2D eigenvalue weighted by atomic mass is 16.3. The highest BCUT2D eigenvalue weighted by molar-refractivity contribution is 6.04. The van der Waals surface area contributed by atoms with Gasteiger partial charge in [0.15, 0.2) is 18.0 Å². The van der Waals surface area contributed by atoms with E-state index in [-0.39, 0.29) is 12.1 Å². The molecule has 0 spiro atoms. The van der Waals surface area contributed by atoms with Crippen LogP contribution >= 0.6 is 0 Å². The fourth-order valence-corrected chi connectivity index (χ4v) is 4.02. The molecule has 0 unspecified atom stereocenters. The van der Waals surface area contributed by atoms with Crippen molar-refractivity contribution in [3.05, 3.63) is 78.8 Å². The second-order valence-electron chi connectivity index (χ2n) is 8.07. The number of amides is 2. The average molecular weight is 451 g/mol. The molecule has 2 amide bonds. The maximum absolute atomic E-state index is 13.5. The van der Waals surface area contributed by atoms with Crippen LogP contribution in [-0.2, 0) is 0 Å². The third kappa shape index (κ3) is 4.19. The Morgan fingerprint density at radius 2 is 2.03 bits per heavy atom. The van der Waals surface area contributed by atoms with Crippen LogP contribution < -0.4 is 15.5 Å². The number of nitriles is 1. The Bertz CT molecular complexity index is 1380. The van der Waals surface area contributed by atoms with Crippen LogP contribution in [0.4, 0.5) is 22.0 Å². The minimum atomic E-state index is -0.275. The molecule has 8 nitrogen and oxygen atoms in total. The smallest absolute Gasteiger partial charge is 0.327 e. The Kier molecular flexibility index (Phi) is 5.67. The quantitative estimate of drug-likeness (QED) is 0.426. The Labute approximate surface area is 196 Å². The molecule has 168 valence electrons. The molecule has 1 aliphatic heterocycles. The molecular formula is C26H22N6O2. The lowest BCUT2D eigenvalue weighted by atomic mass is 10.1. The fourth-order valence-electron chi connectivity index (χ4n) is 4.02. The number of urea groups is 1. The zero-order valence-corrected chi connectivity index (χ0v) is 18.5. The van der Waals surface area contributed by atoms with Gasteiger partial charge in [-0.2, -0.15) is 5.26 Å². The van der Waals surface area contributed by atoms with Crippen LogP contribution in [-0.4, -0.2) is 28.6 Å². The molecule has 5 rings (SSSR count). The Morgan fingerprint density at radius 3 is 2.85 bits per heavy atom. The van der Waals surface area contributed by atoms with Crippen LogP contribution in [0.1, 0.15) is 18.9 Å². The third-order valence-electron chi connectivity index (χ3n) is 5.76. The van der Waals surface area contributed by atoms with Gasteiger partial charge in [-0.15, -0.1) is 0 Å². The summed E-state index contributed by atoms with van der Waals surface area (Å²) in [5.41, 5.74) is 4.31. The highest BCUT2D eigenvalue weighted by Gasteiger charge is 2.28. The normalized spacial score (nSPS) is 14.9. The number of nitrogens with zero attached hydrogens (tertiary/aromatic N) is 4. The van der Waals surface area contributed by atoms with Crippen molar-refractivity contribution >= 4 is 23.2 Å². The summed E-state index contributed by atoms with van der Waals surface area (Å²) < 4.78 is 5.38. The van der Waals surface area contributed by atoms with E-state index in [1.807, 2.05) is 55.5 Å². The second kappa shape index (κ2) is 9.08. The van der Waals surface area contributed by atoms with E-state index in [0.29, 0.717) is 28.5 Å².